The fourth-order valence-electron chi connectivity index (χ4n) is 2.68. The molecule has 1 N–H and O–H groups in total. The van der Waals surface area contributed by atoms with Crippen LogP contribution in [-0.4, -0.2) is 49.3 Å². The molecule has 0 saturated carbocycles. The minimum Gasteiger partial charge on any atom is -0.495 e. The fourth-order valence-corrected chi connectivity index (χ4v) is 2.68. The van der Waals surface area contributed by atoms with E-state index in [2.05, 4.69) is 15.3 Å². The first-order chi connectivity index (χ1) is 12.1. The van der Waals surface area contributed by atoms with Gasteiger partial charge in [0, 0.05) is 18.8 Å². The summed E-state index contributed by atoms with van der Waals surface area (Å²) in [5, 5.41) is 2.88. The molecular formula is C18H22N4O3. The van der Waals surface area contributed by atoms with Gasteiger partial charge in [0.25, 0.3) is 5.91 Å². The van der Waals surface area contributed by atoms with Crippen LogP contribution in [0.5, 0.6) is 5.75 Å². The molecule has 0 unspecified atom stereocenters. The molecule has 0 radical (unpaired) electrons. The smallest absolute Gasteiger partial charge is 0.274 e. The van der Waals surface area contributed by atoms with Gasteiger partial charge < -0.3 is 19.7 Å². The largest absolute Gasteiger partial charge is 0.495 e. The minimum absolute atomic E-state index is 0.288. The average Bonchev–Trinajstić information content (AvgIpc) is 2.62. The number of hydrogen-bond donors (Lipinski definition) is 1. The number of carbonyl (C=O) groups is 1. The maximum absolute atomic E-state index is 12.7. The van der Waals surface area contributed by atoms with Gasteiger partial charge in [0.2, 0.25) is 5.95 Å². The number of anilines is 2. The quantitative estimate of drug-likeness (QED) is 0.918. The molecule has 1 aliphatic heterocycles. The van der Waals surface area contributed by atoms with Crippen LogP contribution in [0.3, 0.4) is 0 Å². The van der Waals surface area contributed by atoms with Crippen molar-refractivity contribution in [1.29, 1.82) is 0 Å². The summed E-state index contributed by atoms with van der Waals surface area (Å²) in [6, 6.07) is 7.31. The van der Waals surface area contributed by atoms with E-state index in [1.54, 1.807) is 13.2 Å². The molecule has 7 nitrogen and oxygen atoms in total. The Morgan fingerprint density at radius 1 is 1.20 bits per heavy atom. The minimum atomic E-state index is -0.288. The number of hydrogen-bond acceptors (Lipinski definition) is 6. The normalized spacial score (nSPS) is 14.3. The van der Waals surface area contributed by atoms with Crippen molar-refractivity contribution < 1.29 is 14.3 Å². The summed E-state index contributed by atoms with van der Waals surface area (Å²) in [5.41, 5.74) is 2.73. The number of amides is 1. The van der Waals surface area contributed by atoms with Gasteiger partial charge in [0.15, 0.2) is 0 Å². The van der Waals surface area contributed by atoms with Crippen molar-refractivity contribution in [2.45, 2.75) is 13.8 Å². The monoisotopic (exact) mass is 342 g/mol. The lowest BCUT2D eigenvalue weighted by Gasteiger charge is -2.27. The maximum atomic E-state index is 12.7. The van der Waals surface area contributed by atoms with E-state index in [1.807, 2.05) is 36.9 Å². The zero-order chi connectivity index (χ0) is 17.8. The molecule has 0 atom stereocenters. The second-order valence-corrected chi connectivity index (χ2v) is 5.95. The van der Waals surface area contributed by atoms with Crippen molar-refractivity contribution >= 4 is 17.5 Å². The highest BCUT2D eigenvalue weighted by atomic mass is 16.5. The van der Waals surface area contributed by atoms with Crippen LogP contribution in [0.15, 0.2) is 24.3 Å². The second kappa shape index (κ2) is 7.48. The first-order valence-corrected chi connectivity index (χ1v) is 8.21. The number of ether oxygens (including phenoxy) is 2. The SMILES string of the molecule is COc1ccc(C)cc1NC(=O)c1cc(C)nc(N2CCOCC2)n1. The molecule has 2 aromatic rings. The van der Waals surface area contributed by atoms with Crippen molar-refractivity contribution in [2.75, 3.05) is 43.6 Å². The van der Waals surface area contributed by atoms with Crippen LogP contribution in [-0.2, 0) is 4.74 Å². The average molecular weight is 342 g/mol. The predicted molar refractivity (Wildman–Crippen MR) is 95.5 cm³/mol. The van der Waals surface area contributed by atoms with Crippen LogP contribution < -0.4 is 15.0 Å². The molecular weight excluding hydrogens is 320 g/mol. The summed E-state index contributed by atoms with van der Waals surface area (Å²) in [5.74, 6) is 0.881. The van der Waals surface area contributed by atoms with E-state index in [0.29, 0.717) is 36.3 Å². The number of carbonyl (C=O) groups excluding carboxylic acids is 1. The van der Waals surface area contributed by atoms with E-state index in [4.69, 9.17) is 9.47 Å². The van der Waals surface area contributed by atoms with E-state index >= 15 is 0 Å². The number of aryl methyl sites for hydroxylation is 2. The van der Waals surface area contributed by atoms with E-state index in [0.717, 1.165) is 24.3 Å². The van der Waals surface area contributed by atoms with Crippen LogP contribution in [0.1, 0.15) is 21.7 Å². The number of methoxy groups -OCH3 is 1. The molecule has 1 aliphatic rings. The molecule has 25 heavy (non-hydrogen) atoms. The third kappa shape index (κ3) is 4.06. The van der Waals surface area contributed by atoms with Crippen LogP contribution >= 0.6 is 0 Å². The van der Waals surface area contributed by atoms with Gasteiger partial charge in [0.05, 0.1) is 26.0 Å². The molecule has 0 aliphatic carbocycles. The van der Waals surface area contributed by atoms with Gasteiger partial charge in [-0.25, -0.2) is 9.97 Å². The molecule has 1 amide bonds. The number of benzene rings is 1. The lowest BCUT2D eigenvalue weighted by Crippen LogP contribution is -2.37. The third-order valence-electron chi connectivity index (χ3n) is 3.97. The molecule has 1 saturated heterocycles. The van der Waals surface area contributed by atoms with Crippen LogP contribution in [0.25, 0.3) is 0 Å². The molecule has 2 heterocycles. The molecule has 1 fully saturated rings. The van der Waals surface area contributed by atoms with Crippen LogP contribution in [0, 0.1) is 13.8 Å². The van der Waals surface area contributed by atoms with Gasteiger partial charge >= 0.3 is 0 Å². The summed E-state index contributed by atoms with van der Waals surface area (Å²) in [7, 11) is 1.58. The van der Waals surface area contributed by atoms with Crippen molar-refractivity contribution in [3.05, 3.63) is 41.2 Å². The van der Waals surface area contributed by atoms with Gasteiger partial charge in [-0.1, -0.05) is 6.07 Å². The highest BCUT2D eigenvalue weighted by molar-refractivity contribution is 6.04. The Morgan fingerprint density at radius 2 is 1.96 bits per heavy atom. The summed E-state index contributed by atoms with van der Waals surface area (Å²) < 4.78 is 10.7. The molecule has 7 heteroatoms. The van der Waals surface area contributed by atoms with E-state index in [-0.39, 0.29) is 5.91 Å². The van der Waals surface area contributed by atoms with Crippen LogP contribution in [0.4, 0.5) is 11.6 Å². The molecule has 1 aromatic heterocycles. The van der Waals surface area contributed by atoms with Crippen molar-refractivity contribution in [3.8, 4) is 5.75 Å². The fraction of sp³-hybridized carbons (Fsp3) is 0.389. The predicted octanol–water partition coefficient (Wildman–Crippen LogP) is 2.19. The van der Waals surface area contributed by atoms with E-state index in [9.17, 15) is 4.79 Å². The highest BCUT2D eigenvalue weighted by Gasteiger charge is 2.18. The van der Waals surface area contributed by atoms with Gasteiger partial charge in [-0.15, -0.1) is 0 Å². The highest BCUT2D eigenvalue weighted by Crippen LogP contribution is 2.25. The molecule has 3 rings (SSSR count). The van der Waals surface area contributed by atoms with E-state index < -0.39 is 0 Å². The maximum Gasteiger partial charge on any atom is 0.274 e. The Hall–Kier alpha value is -2.67. The summed E-state index contributed by atoms with van der Waals surface area (Å²) in [6.45, 7) is 6.53. The van der Waals surface area contributed by atoms with Gasteiger partial charge in [0.1, 0.15) is 11.4 Å². The standard InChI is InChI=1S/C18H22N4O3/c1-12-4-5-16(24-3)14(10-12)20-17(23)15-11-13(2)19-18(21-15)22-6-8-25-9-7-22/h4-5,10-11H,6-9H2,1-3H3,(H,20,23). The Morgan fingerprint density at radius 3 is 2.68 bits per heavy atom. The zero-order valence-corrected chi connectivity index (χ0v) is 14.7. The Kier molecular flexibility index (Phi) is 5.14. The molecule has 0 spiro atoms. The Balaban J connectivity index is 1.84. The van der Waals surface area contributed by atoms with Crippen molar-refractivity contribution in [1.82, 2.24) is 9.97 Å². The molecule has 1 aromatic carbocycles. The third-order valence-corrected chi connectivity index (χ3v) is 3.97. The summed E-state index contributed by atoms with van der Waals surface area (Å²) in [4.78, 5) is 23.6. The topological polar surface area (TPSA) is 76.6 Å². The van der Waals surface area contributed by atoms with Gasteiger partial charge in [-0.05, 0) is 37.6 Å². The summed E-state index contributed by atoms with van der Waals surface area (Å²) in [6.07, 6.45) is 0. The lowest BCUT2D eigenvalue weighted by atomic mass is 10.2. The Labute approximate surface area is 147 Å². The molecule has 0 bridgehead atoms. The van der Waals surface area contributed by atoms with Crippen molar-refractivity contribution in [2.24, 2.45) is 0 Å². The van der Waals surface area contributed by atoms with Crippen molar-refractivity contribution in [3.63, 3.8) is 0 Å². The first kappa shape index (κ1) is 17.2. The number of nitrogens with zero attached hydrogens (tertiary/aromatic N) is 3. The summed E-state index contributed by atoms with van der Waals surface area (Å²) >= 11 is 0. The lowest BCUT2D eigenvalue weighted by molar-refractivity contribution is 0.102. The van der Waals surface area contributed by atoms with Crippen LogP contribution in [0.2, 0.25) is 0 Å². The Bertz CT molecular complexity index is 773. The van der Waals surface area contributed by atoms with Gasteiger partial charge in [-0.3, -0.25) is 4.79 Å². The number of rotatable bonds is 4. The number of aromatic nitrogens is 2. The zero-order valence-electron chi connectivity index (χ0n) is 14.7. The second-order valence-electron chi connectivity index (χ2n) is 5.95. The first-order valence-electron chi connectivity index (χ1n) is 8.21. The number of morpholine rings is 1. The number of nitrogens with one attached hydrogen (secondary N) is 1. The molecule has 132 valence electrons. The van der Waals surface area contributed by atoms with E-state index in [1.165, 1.54) is 0 Å². The van der Waals surface area contributed by atoms with Gasteiger partial charge in [-0.2, -0.15) is 0 Å².